The first-order valence-corrected chi connectivity index (χ1v) is 10.9. The van der Waals surface area contributed by atoms with Crippen molar-refractivity contribution in [1.29, 1.82) is 0 Å². The van der Waals surface area contributed by atoms with Crippen LogP contribution in [0.3, 0.4) is 0 Å². The van der Waals surface area contributed by atoms with Gasteiger partial charge in [0.15, 0.2) is 5.16 Å². The number of benzene rings is 2. The SMILES string of the molecule is CSc1ncc(CN2CCc3c([nH]c4ccccc34)[C@@H]2c2cccc(O)c2)cn1. The van der Waals surface area contributed by atoms with Crippen LogP contribution in [0, 0.1) is 0 Å². The highest BCUT2D eigenvalue weighted by Crippen LogP contribution is 2.39. The number of thioether (sulfide) groups is 1. The van der Waals surface area contributed by atoms with Gasteiger partial charge in [-0.1, -0.05) is 42.1 Å². The summed E-state index contributed by atoms with van der Waals surface area (Å²) in [6, 6.07) is 16.1. The standard InChI is InChI=1S/C23H22N4OS/c1-29-23-24-12-15(13-25-23)14-27-10-9-19-18-7-2-3-8-20(18)26-21(19)22(27)16-5-4-6-17(28)11-16/h2-8,11-13,22,26,28H,9-10,14H2,1H3/t22-/m0/s1. The molecule has 29 heavy (non-hydrogen) atoms. The monoisotopic (exact) mass is 402 g/mol. The molecular formula is C23H22N4OS. The van der Waals surface area contributed by atoms with Crippen molar-refractivity contribution in [2.45, 2.75) is 24.2 Å². The number of rotatable bonds is 4. The van der Waals surface area contributed by atoms with E-state index in [0.29, 0.717) is 5.75 Å². The van der Waals surface area contributed by atoms with Crippen LogP contribution in [-0.2, 0) is 13.0 Å². The van der Waals surface area contributed by atoms with E-state index in [1.807, 2.05) is 30.8 Å². The molecule has 0 spiro atoms. The Morgan fingerprint density at radius 1 is 1.14 bits per heavy atom. The molecule has 0 bridgehead atoms. The molecule has 1 aliphatic heterocycles. The molecule has 0 saturated carbocycles. The summed E-state index contributed by atoms with van der Waals surface area (Å²) in [5, 5.41) is 12.2. The third kappa shape index (κ3) is 3.39. The Hall–Kier alpha value is -2.83. The third-order valence-electron chi connectivity index (χ3n) is 5.57. The van der Waals surface area contributed by atoms with Gasteiger partial charge in [0.25, 0.3) is 0 Å². The Morgan fingerprint density at radius 3 is 2.76 bits per heavy atom. The molecule has 0 aliphatic carbocycles. The Bertz CT molecular complexity index is 1160. The van der Waals surface area contributed by atoms with Crippen LogP contribution in [0.4, 0.5) is 0 Å². The fourth-order valence-electron chi connectivity index (χ4n) is 4.30. The first-order valence-electron chi connectivity index (χ1n) is 9.70. The van der Waals surface area contributed by atoms with Crippen LogP contribution >= 0.6 is 11.8 Å². The van der Waals surface area contributed by atoms with Gasteiger partial charge in [-0.25, -0.2) is 9.97 Å². The van der Waals surface area contributed by atoms with Gasteiger partial charge in [-0.15, -0.1) is 0 Å². The second-order valence-electron chi connectivity index (χ2n) is 7.36. The molecule has 2 aromatic heterocycles. The van der Waals surface area contributed by atoms with Crippen LogP contribution < -0.4 is 0 Å². The number of phenols is 1. The van der Waals surface area contributed by atoms with Crippen molar-refractivity contribution in [3.8, 4) is 5.75 Å². The molecule has 1 atom stereocenters. The molecule has 0 unspecified atom stereocenters. The van der Waals surface area contributed by atoms with E-state index in [-0.39, 0.29) is 6.04 Å². The molecule has 2 aromatic carbocycles. The number of hydrogen-bond donors (Lipinski definition) is 2. The van der Waals surface area contributed by atoms with Crippen molar-refractivity contribution in [3.05, 3.63) is 83.3 Å². The summed E-state index contributed by atoms with van der Waals surface area (Å²) in [4.78, 5) is 15.0. The normalized spacial score (nSPS) is 16.8. The van der Waals surface area contributed by atoms with Crippen molar-refractivity contribution < 1.29 is 5.11 Å². The van der Waals surface area contributed by atoms with E-state index in [0.717, 1.165) is 41.3 Å². The van der Waals surface area contributed by atoms with E-state index in [1.54, 1.807) is 17.8 Å². The topological polar surface area (TPSA) is 65.0 Å². The van der Waals surface area contributed by atoms with E-state index in [2.05, 4.69) is 50.2 Å². The first-order chi connectivity index (χ1) is 14.2. The quantitative estimate of drug-likeness (QED) is 0.388. The van der Waals surface area contributed by atoms with Gasteiger partial charge in [-0.2, -0.15) is 0 Å². The largest absolute Gasteiger partial charge is 0.508 e. The summed E-state index contributed by atoms with van der Waals surface area (Å²) in [6.07, 6.45) is 6.80. The summed E-state index contributed by atoms with van der Waals surface area (Å²) in [5.41, 5.74) is 5.92. The van der Waals surface area contributed by atoms with Gasteiger partial charge in [0.05, 0.1) is 6.04 Å². The van der Waals surface area contributed by atoms with Crippen molar-refractivity contribution in [1.82, 2.24) is 19.9 Å². The van der Waals surface area contributed by atoms with E-state index < -0.39 is 0 Å². The highest BCUT2D eigenvalue weighted by Gasteiger charge is 2.31. The van der Waals surface area contributed by atoms with Gasteiger partial charge in [0.1, 0.15) is 5.75 Å². The van der Waals surface area contributed by atoms with E-state index in [9.17, 15) is 5.11 Å². The van der Waals surface area contributed by atoms with Crippen molar-refractivity contribution in [2.75, 3.05) is 12.8 Å². The number of nitrogens with one attached hydrogen (secondary N) is 1. The van der Waals surface area contributed by atoms with Crippen LogP contribution in [0.15, 0.2) is 66.1 Å². The van der Waals surface area contributed by atoms with Crippen LogP contribution in [0.2, 0.25) is 0 Å². The lowest BCUT2D eigenvalue weighted by Crippen LogP contribution is -2.35. The Balaban J connectivity index is 1.58. The molecular weight excluding hydrogens is 380 g/mol. The van der Waals surface area contributed by atoms with Crippen molar-refractivity contribution in [2.24, 2.45) is 0 Å². The van der Waals surface area contributed by atoms with E-state index in [1.165, 1.54) is 16.6 Å². The molecule has 0 radical (unpaired) electrons. The zero-order chi connectivity index (χ0) is 19.8. The van der Waals surface area contributed by atoms with Gasteiger partial charge in [0.2, 0.25) is 0 Å². The lowest BCUT2D eigenvalue weighted by atomic mass is 9.92. The molecule has 4 aromatic rings. The molecule has 5 rings (SSSR count). The number of H-pyrrole nitrogens is 1. The Labute approximate surface area is 173 Å². The number of aromatic hydroxyl groups is 1. The number of para-hydroxylation sites is 1. The van der Waals surface area contributed by atoms with Gasteiger partial charge in [-0.05, 0) is 42.0 Å². The average Bonchev–Trinajstić information content (AvgIpc) is 3.12. The maximum absolute atomic E-state index is 10.1. The molecule has 5 nitrogen and oxygen atoms in total. The van der Waals surface area contributed by atoms with Crippen LogP contribution in [0.1, 0.15) is 28.4 Å². The number of aromatic nitrogens is 3. The number of hydrogen-bond acceptors (Lipinski definition) is 5. The second kappa shape index (κ2) is 7.54. The smallest absolute Gasteiger partial charge is 0.187 e. The van der Waals surface area contributed by atoms with Crippen molar-refractivity contribution in [3.63, 3.8) is 0 Å². The van der Waals surface area contributed by atoms with Gasteiger partial charge in [-0.3, -0.25) is 4.90 Å². The average molecular weight is 403 g/mol. The van der Waals surface area contributed by atoms with E-state index in [4.69, 9.17) is 0 Å². The van der Waals surface area contributed by atoms with E-state index >= 15 is 0 Å². The zero-order valence-corrected chi connectivity index (χ0v) is 17.0. The minimum Gasteiger partial charge on any atom is -0.508 e. The second-order valence-corrected chi connectivity index (χ2v) is 8.13. The molecule has 0 fully saturated rings. The fourth-order valence-corrected chi connectivity index (χ4v) is 4.61. The van der Waals surface area contributed by atoms with Crippen molar-refractivity contribution >= 4 is 22.7 Å². The molecule has 0 saturated heterocycles. The maximum Gasteiger partial charge on any atom is 0.187 e. The minimum absolute atomic E-state index is 0.0403. The summed E-state index contributed by atoms with van der Waals surface area (Å²) in [6.45, 7) is 1.68. The molecule has 3 heterocycles. The predicted molar refractivity (Wildman–Crippen MR) is 116 cm³/mol. The fraction of sp³-hybridized carbons (Fsp3) is 0.217. The summed E-state index contributed by atoms with van der Waals surface area (Å²) in [5.74, 6) is 0.290. The summed E-state index contributed by atoms with van der Waals surface area (Å²) in [7, 11) is 0. The summed E-state index contributed by atoms with van der Waals surface area (Å²) < 4.78 is 0. The third-order valence-corrected chi connectivity index (χ3v) is 6.15. The zero-order valence-electron chi connectivity index (χ0n) is 16.2. The molecule has 6 heteroatoms. The van der Waals surface area contributed by atoms with Gasteiger partial charge < -0.3 is 10.1 Å². The molecule has 1 aliphatic rings. The van der Waals surface area contributed by atoms with Gasteiger partial charge >= 0.3 is 0 Å². The number of phenolic OH excluding ortho intramolecular Hbond substituents is 1. The lowest BCUT2D eigenvalue weighted by molar-refractivity contribution is 0.201. The summed E-state index contributed by atoms with van der Waals surface area (Å²) >= 11 is 1.55. The number of fused-ring (bicyclic) bond motifs is 3. The predicted octanol–water partition coefficient (Wildman–Crippen LogP) is 4.53. The molecule has 0 amide bonds. The minimum atomic E-state index is 0.0403. The highest BCUT2D eigenvalue weighted by molar-refractivity contribution is 7.98. The maximum atomic E-state index is 10.1. The molecule has 146 valence electrons. The number of nitrogens with zero attached hydrogens (tertiary/aromatic N) is 3. The first kappa shape index (κ1) is 18.2. The lowest BCUT2D eigenvalue weighted by Gasteiger charge is -2.36. The highest BCUT2D eigenvalue weighted by atomic mass is 32.2. The van der Waals surface area contributed by atoms with Crippen LogP contribution in [0.5, 0.6) is 5.75 Å². The van der Waals surface area contributed by atoms with Crippen LogP contribution in [0.25, 0.3) is 10.9 Å². The van der Waals surface area contributed by atoms with Crippen LogP contribution in [-0.4, -0.2) is 37.8 Å². The van der Waals surface area contributed by atoms with Gasteiger partial charge in [0, 0.05) is 47.6 Å². The Morgan fingerprint density at radius 2 is 1.97 bits per heavy atom. The molecule has 2 N–H and O–H groups in total. The Kier molecular flexibility index (Phi) is 4.73. The number of aromatic amines is 1.